The highest BCUT2D eigenvalue weighted by molar-refractivity contribution is 7.14. The van der Waals surface area contributed by atoms with Gasteiger partial charge >= 0.3 is 0 Å². The Hall–Kier alpha value is -1.55. The largest absolute Gasteiger partial charge is 0.293 e. The van der Waals surface area contributed by atoms with Gasteiger partial charge in [-0.05, 0) is 37.1 Å². The second-order valence-corrected chi connectivity index (χ2v) is 4.87. The fraction of sp³-hybridized carbons (Fsp3) is 0.250. The van der Waals surface area contributed by atoms with Crippen molar-refractivity contribution in [1.82, 2.24) is 10.2 Å². The molecule has 0 bridgehead atoms. The average Bonchev–Trinajstić information content (AvgIpc) is 2.74. The van der Waals surface area contributed by atoms with E-state index in [9.17, 15) is 4.79 Å². The number of carbonyl (C=O) groups is 1. The Morgan fingerprint density at radius 2 is 2.19 bits per heavy atom. The van der Waals surface area contributed by atoms with Gasteiger partial charge in [0.05, 0.1) is 11.1 Å². The second kappa shape index (κ2) is 4.99. The highest BCUT2D eigenvalue weighted by atomic mass is 32.1. The minimum atomic E-state index is 0.204. The Balaban J connectivity index is 1.94. The molecule has 2 heterocycles. The third kappa shape index (κ3) is 2.73. The summed E-state index contributed by atoms with van der Waals surface area (Å²) in [6.07, 6.45) is 4.61. The summed E-state index contributed by atoms with van der Waals surface area (Å²) in [6.45, 7) is 2.01. The second-order valence-electron chi connectivity index (χ2n) is 3.58. The number of aryl methyl sites for hydroxylation is 2. The maximum absolute atomic E-state index is 11.8. The lowest BCUT2D eigenvalue weighted by Gasteiger charge is -1.98. The summed E-state index contributed by atoms with van der Waals surface area (Å²) < 4.78 is 0. The zero-order valence-electron chi connectivity index (χ0n) is 9.01. The Bertz CT molecular complexity index is 479. The molecule has 0 unspecified atom stereocenters. The quantitative estimate of drug-likeness (QED) is 0.761. The molecule has 2 aromatic heterocycles. The van der Waals surface area contributed by atoms with E-state index < -0.39 is 0 Å². The van der Waals surface area contributed by atoms with Crippen LogP contribution >= 0.6 is 11.3 Å². The number of ketones is 1. The number of hydrogen-bond acceptors (Lipinski definition) is 4. The molecule has 2 aromatic rings. The maximum Gasteiger partial charge on any atom is 0.173 e. The lowest BCUT2D eigenvalue weighted by atomic mass is 10.1. The van der Waals surface area contributed by atoms with E-state index in [2.05, 4.69) is 10.2 Å². The van der Waals surface area contributed by atoms with Crippen LogP contribution in [0.2, 0.25) is 0 Å². The van der Waals surface area contributed by atoms with Crippen LogP contribution in [0, 0.1) is 6.92 Å². The van der Waals surface area contributed by atoms with Crippen molar-refractivity contribution < 1.29 is 4.79 Å². The molecule has 0 aliphatic heterocycles. The number of aromatic nitrogens is 2. The van der Waals surface area contributed by atoms with Crippen LogP contribution < -0.4 is 0 Å². The first-order chi connectivity index (χ1) is 7.75. The maximum atomic E-state index is 11.8. The fourth-order valence-electron chi connectivity index (χ4n) is 1.43. The van der Waals surface area contributed by atoms with E-state index >= 15 is 0 Å². The van der Waals surface area contributed by atoms with E-state index in [0.29, 0.717) is 6.42 Å². The summed E-state index contributed by atoms with van der Waals surface area (Å²) in [5, 5.41) is 7.48. The number of Topliss-reactive ketones (excluding diaryl/α,β-unsaturated/α-hetero) is 1. The van der Waals surface area contributed by atoms with Gasteiger partial charge in [-0.1, -0.05) is 0 Å². The lowest BCUT2D eigenvalue weighted by molar-refractivity contribution is 0.0986. The van der Waals surface area contributed by atoms with Crippen molar-refractivity contribution in [2.75, 3.05) is 0 Å². The van der Waals surface area contributed by atoms with Gasteiger partial charge in [0.15, 0.2) is 5.78 Å². The summed E-state index contributed by atoms with van der Waals surface area (Å²) in [7, 11) is 0. The molecule has 0 aliphatic carbocycles. The third-order valence-electron chi connectivity index (χ3n) is 2.30. The fourth-order valence-corrected chi connectivity index (χ4v) is 2.27. The minimum Gasteiger partial charge on any atom is -0.293 e. The van der Waals surface area contributed by atoms with Crippen LogP contribution in [0.25, 0.3) is 0 Å². The Labute approximate surface area is 98.2 Å². The molecule has 0 atom stereocenters. The van der Waals surface area contributed by atoms with Crippen molar-refractivity contribution >= 4 is 17.1 Å². The molecule has 4 heteroatoms. The highest BCUT2D eigenvalue weighted by Crippen LogP contribution is 2.17. The van der Waals surface area contributed by atoms with Crippen molar-refractivity contribution in [3.05, 3.63) is 45.9 Å². The van der Waals surface area contributed by atoms with E-state index in [0.717, 1.165) is 16.9 Å². The monoisotopic (exact) mass is 232 g/mol. The van der Waals surface area contributed by atoms with E-state index in [4.69, 9.17) is 0 Å². The molecule has 0 saturated carbocycles. The lowest BCUT2D eigenvalue weighted by Crippen LogP contribution is -1.99. The van der Waals surface area contributed by atoms with Gasteiger partial charge in [-0.3, -0.25) is 4.79 Å². The van der Waals surface area contributed by atoms with Gasteiger partial charge in [-0.15, -0.1) is 11.3 Å². The van der Waals surface area contributed by atoms with Gasteiger partial charge in [-0.25, -0.2) is 0 Å². The van der Waals surface area contributed by atoms with E-state index in [1.165, 1.54) is 4.88 Å². The molecular weight excluding hydrogens is 220 g/mol. The minimum absolute atomic E-state index is 0.204. The molecule has 3 nitrogen and oxygen atoms in total. The van der Waals surface area contributed by atoms with E-state index in [-0.39, 0.29) is 5.78 Å². The summed E-state index contributed by atoms with van der Waals surface area (Å²) in [4.78, 5) is 13.8. The molecule has 0 aliphatic rings. The first-order valence-electron chi connectivity index (χ1n) is 5.11. The predicted molar refractivity (Wildman–Crippen MR) is 63.7 cm³/mol. The summed E-state index contributed by atoms with van der Waals surface area (Å²) >= 11 is 1.55. The highest BCUT2D eigenvalue weighted by Gasteiger charge is 2.08. The molecule has 82 valence electrons. The Morgan fingerprint density at radius 1 is 1.31 bits per heavy atom. The van der Waals surface area contributed by atoms with Crippen molar-refractivity contribution in [3.63, 3.8) is 0 Å². The van der Waals surface area contributed by atoms with Crippen molar-refractivity contribution in [1.29, 1.82) is 0 Å². The van der Waals surface area contributed by atoms with Crippen LogP contribution in [0.15, 0.2) is 30.6 Å². The zero-order valence-corrected chi connectivity index (χ0v) is 9.83. The molecule has 0 spiro atoms. The Morgan fingerprint density at radius 3 is 2.81 bits per heavy atom. The number of nitrogens with zero attached hydrogens (tertiary/aromatic N) is 2. The topological polar surface area (TPSA) is 42.9 Å². The molecule has 0 aromatic carbocycles. The van der Waals surface area contributed by atoms with Crippen LogP contribution in [0.3, 0.4) is 0 Å². The van der Waals surface area contributed by atoms with Crippen LogP contribution in [0.1, 0.15) is 26.5 Å². The molecular formula is C12H12N2OS. The van der Waals surface area contributed by atoms with Gasteiger partial charge in [0, 0.05) is 17.5 Å². The number of rotatable bonds is 4. The van der Waals surface area contributed by atoms with Gasteiger partial charge in [0.2, 0.25) is 0 Å². The molecule has 0 amide bonds. The van der Waals surface area contributed by atoms with Crippen LogP contribution in [0.4, 0.5) is 0 Å². The van der Waals surface area contributed by atoms with Crippen LogP contribution in [-0.4, -0.2) is 16.0 Å². The van der Waals surface area contributed by atoms with Crippen molar-refractivity contribution in [2.24, 2.45) is 0 Å². The first-order valence-corrected chi connectivity index (χ1v) is 5.92. The van der Waals surface area contributed by atoms with Crippen LogP contribution in [0.5, 0.6) is 0 Å². The van der Waals surface area contributed by atoms with Crippen LogP contribution in [-0.2, 0) is 6.42 Å². The van der Waals surface area contributed by atoms with E-state index in [1.807, 2.05) is 25.1 Å². The molecule has 0 fully saturated rings. The van der Waals surface area contributed by atoms with Crippen molar-refractivity contribution in [3.8, 4) is 0 Å². The molecule has 0 saturated heterocycles. The normalized spacial score (nSPS) is 10.3. The third-order valence-corrected chi connectivity index (χ3v) is 3.34. The predicted octanol–water partition coefficient (Wildman–Crippen LogP) is 2.66. The smallest absolute Gasteiger partial charge is 0.173 e. The SMILES string of the molecule is Cc1ccc(C(=O)CCc2ccnnc2)s1. The number of thiophene rings is 1. The summed E-state index contributed by atoms with van der Waals surface area (Å²) in [6, 6.07) is 5.76. The standard InChI is InChI=1S/C12H12N2OS/c1-9-2-5-12(16-9)11(15)4-3-10-6-7-13-14-8-10/h2,5-8H,3-4H2,1H3. The molecule has 0 N–H and O–H groups in total. The zero-order chi connectivity index (χ0) is 11.4. The van der Waals surface area contributed by atoms with Gasteiger partial charge in [0.25, 0.3) is 0 Å². The number of carbonyl (C=O) groups excluding carboxylic acids is 1. The first kappa shape index (κ1) is 11.0. The van der Waals surface area contributed by atoms with Gasteiger partial charge < -0.3 is 0 Å². The average molecular weight is 232 g/mol. The Kier molecular flexibility index (Phi) is 3.41. The molecule has 0 radical (unpaired) electrons. The van der Waals surface area contributed by atoms with Gasteiger partial charge in [-0.2, -0.15) is 10.2 Å². The number of hydrogen-bond donors (Lipinski definition) is 0. The summed E-state index contributed by atoms with van der Waals surface area (Å²) in [5.41, 5.74) is 1.05. The molecule has 2 rings (SSSR count). The van der Waals surface area contributed by atoms with Crippen molar-refractivity contribution in [2.45, 2.75) is 19.8 Å². The summed E-state index contributed by atoms with van der Waals surface area (Å²) in [5.74, 6) is 0.204. The van der Waals surface area contributed by atoms with E-state index in [1.54, 1.807) is 23.7 Å². The molecule has 16 heavy (non-hydrogen) atoms. The van der Waals surface area contributed by atoms with Gasteiger partial charge in [0.1, 0.15) is 0 Å².